The number of fused-ring (bicyclic) bond motifs is 1. The Morgan fingerprint density at radius 3 is 2.51 bits per heavy atom. The SMILES string of the molecule is Cn1cnc(-c2ccc(OC34CCC3N(C(=O)Cc3ccc(OC(F)(F)F)cc3)CC4)c(C(N)=O)c2)c1. The van der Waals surface area contributed by atoms with E-state index in [-0.39, 0.29) is 29.7 Å². The van der Waals surface area contributed by atoms with Gasteiger partial charge in [0.2, 0.25) is 5.91 Å². The van der Waals surface area contributed by atoms with Gasteiger partial charge in [-0.25, -0.2) is 4.98 Å². The van der Waals surface area contributed by atoms with Crippen molar-refractivity contribution in [2.24, 2.45) is 12.8 Å². The fraction of sp³-hybridized carbons (Fsp3) is 0.346. The maximum absolute atomic E-state index is 13.1. The van der Waals surface area contributed by atoms with Crippen molar-refractivity contribution in [2.75, 3.05) is 6.54 Å². The molecule has 0 spiro atoms. The van der Waals surface area contributed by atoms with Crippen LogP contribution in [0.2, 0.25) is 0 Å². The van der Waals surface area contributed by atoms with Crippen molar-refractivity contribution >= 4 is 11.8 Å². The Hall–Kier alpha value is -4.02. The third-order valence-corrected chi connectivity index (χ3v) is 6.99. The summed E-state index contributed by atoms with van der Waals surface area (Å²) in [5, 5.41) is 0. The van der Waals surface area contributed by atoms with Crippen molar-refractivity contribution in [3.63, 3.8) is 0 Å². The summed E-state index contributed by atoms with van der Waals surface area (Å²) in [6.07, 6.45) is 0.849. The zero-order chi connectivity index (χ0) is 26.4. The molecule has 37 heavy (non-hydrogen) atoms. The van der Waals surface area contributed by atoms with E-state index in [2.05, 4.69) is 9.72 Å². The van der Waals surface area contributed by atoms with Crippen LogP contribution in [0.5, 0.6) is 11.5 Å². The first-order valence-electron chi connectivity index (χ1n) is 11.8. The second-order valence-corrected chi connectivity index (χ2v) is 9.43. The number of nitrogens with zero attached hydrogens (tertiary/aromatic N) is 3. The number of alkyl halides is 3. The molecule has 2 heterocycles. The minimum absolute atomic E-state index is 0.0458. The van der Waals surface area contributed by atoms with Crippen LogP contribution in [0.1, 0.15) is 35.2 Å². The first kappa shape index (κ1) is 24.7. The van der Waals surface area contributed by atoms with Crippen molar-refractivity contribution in [3.8, 4) is 22.8 Å². The van der Waals surface area contributed by atoms with Gasteiger partial charge in [-0.1, -0.05) is 12.1 Å². The van der Waals surface area contributed by atoms with E-state index in [0.29, 0.717) is 30.0 Å². The van der Waals surface area contributed by atoms with Gasteiger partial charge in [0, 0.05) is 31.8 Å². The number of hydrogen-bond donors (Lipinski definition) is 1. The number of rotatable bonds is 7. The largest absolute Gasteiger partial charge is 0.573 e. The molecule has 0 bridgehead atoms. The maximum atomic E-state index is 13.1. The highest BCUT2D eigenvalue weighted by Gasteiger charge is 2.57. The van der Waals surface area contributed by atoms with E-state index in [9.17, 15) is 22.8 Å². The molecule has 194 valence electrons. The van der Waals surface area contributed by atoms with Crippen LogP contribution in [-0.2, 0) is 18.3 Å². The fourth-order valence-electron chi connectivity index (χ4n) is 5.10. The zero-order valence-corrected chi connectivity index (χ0v) is 20.0. The molecule has 1 aromatic heterocycles. The lowest BCUT2D eigenvalue weighted by Crippen LogP contribution is -2.58. The van der Waals surface area contributed by atoms with E-state index in [1.807, 2.05) is 19.3 Å². The molecule has 2 atom stereocenters. The van der Waals surface area contributed by atoms with Crippen LogP contribution in [0.25, 0.3) is 11.3 Å². The number of aromatic nitrogens is 2. The van der Waals surface area contributed by atoms with E-state index in [0.717, 1.165) is 18.4 Å². The number of ether oxygens (including phenoxy) is 2. The lowest BCUT2D eigenvalue weighted by molar-refractivity contribution is -0.274. The highest BCUT2D eigenvalue weighted by Crippen LogP contribution is 2.48. The normalized spacial score (nSPS) is 20.8. The lowest BCUT2D eigenvalue weighted by Gasteiger charge is -2.47. The number of imidazole rings is 1. The molecule has 2 fully saturated rings. The van der Waals surface area contributed by atoms with Gasteiger partial charge < -0.3 is 24.7 Å². The maximum Gasteiger partial charge on any atom is 0.573 e. The number of carbonyl (C=O) groups excluding carboxylic acids is 2. The van der Waals surface area contributed by atoms with E-state index >= 15 is 0 Å². The van der Waals surface area contributed by atoms with Crippen LogP contribution in [0.4, 0.5) is 13.2 Å². The average molecular weight is 515 g/mol. The molecule has 2 N–H and O–H groups in total. The molecule has 1 saturated carbocycles. The van der Waals surface area contributed by atoms with Gasteiger partial charge in [0.25, 0.3) is 5.91 Å². The van der Waals surface area contributed by atoms with E-state index in [4.69, 9.17) is 10.5 Å². The van der Waals surface area contributed by atoms with Gasteiger partial charge in [0.1, 0.15) is 17.1 Å². The zero-order valence-electron chi connectivity index (χ0n) is 20.0. The quantitative estimate of drug-likeness (QED) is 0.517. The predicted molar refractivity (Wildman–Crippen MR) is 127 cm³/mol. The molecule has 2 aromatic carbocycles. The van der Waals surface area contributed by atoms with Crippen molar-refractivity contribution in [2.45, 2.75) is 43.7 Å². The van der Waals surface area contributed by atoms with Crippen LogP contribution >= 0.6 is 0 Å². The van der Waals surface area contributed by atoms with Crippen molar-refractivity contribution in [1.82, 2.24) is 14.5 Å². The molecule has 1 saturated heterocycles. The number of nitrogens with two attached hydrogens (primary N) is 1. The van der Waals surface area contributed by atoms with Gasteiger partial charge in [0.15, 0.2) is 0 Å². The van der Waals surface area contributed by atoms with Gasteiger partial charge in [-0.2, -0.15) is 0 Å². The standard InChI is InChI=1S/C26H25F3N4O4/c1-32-14-20(31-15-32)17-4-7-21(19(13-17)24(30)35)37-25-9-8-22(25)33(11-10-25)23(34)12-16-2-5-18(6-3-16)36-26(27,28)29/h2-7,13-15,22H,8-12H2,1H3,(H2,30,35). The third-order valence-electron chi connectivity index (χ3n) is 6.99. The Morgan fingerprint density at radius 2 is 1.92 bits per heavy atom. The first-order chi connectivity index (χ1) is 17.5. The molecule has 8 nitrogen and oxygen atoms in total. The summed E-state index contributed by atoms with van der Waals surface area (Å²) < 4.78 is 49.2. The summed E-state index contributed by atoms with van der Waals surface area (Å²) >= 11 is 0. The number of aryl methyl sites for hydroxylation is 1. The number of carbonyl (C=O) groups is 2. The number of amides is 2. The third kappa shape index (κ3) is 4.98. The Kier molecular flexibility index (Phi) is 6.09. The molecule has 0 radical (unpaired) electrons. The molecule has 11 heteroatoms. The van der Waals surface area contributed by atoms with E-state index in [1.165, 1.54) is 24.3 Å². The second-order valence-electron chi connectivity index (χ2n) is 9.43. The molecular weight excluding hydrogens is 489 g/mol. The van der Waals surface area contributed by atoms with Crippen LogP contribution in [-0.4, -0.2) is 50.8 Å². The Bertz CT molecular complexity index is 1340. The predicted octanol–water partition coefficient (Wildman–Crippen LogP) is 3.84. The summed E-state index contributed by atoms with van der Waals surface area (Å²) in [6, 6.07) is 10.3. The molecule has 3 aromatic rings. The Labute approximate surface area is 210 Å². The molecule has 2 aliphatic rings. The Morgan fingerprint density at radius 1 is 1.16 bits per heavy atom. The number of primary amides is 1. The fourth-order valence-corrected chi connectivity index (χ4v) is 5.10. The van der Waals surface area contributed by atoms with Gasteiger partial charge in [-0.15, -0.1) is 13.2 Å². The summed E-state index contributed by atoms with van der Waals surface area (Å²) in [6.45, 7) is 0.483. The van der Waals surface area contributed by atoms with Gasteiger partial charge in [-0.05, 0) is 48.7 Å². The summed E-state index contributed by atoms with van der Waals surface area (Å²) in [7, 11) is 1.85. The van der Waals surface area contributed by atoms with E-state index < -0.39 is 17.9 Å². The van der Waals surface area contributed by atoms with Crippen molar-refractivity contribution in [1.29, 1.82) is 0 Å². The van der Waals surface area contributed by atoms with Crippen LogP contribution in [0, 0.1) is 0 Å². The Balaban J connectivity index is 1.28. The summed E-state index contributed by atoms with van der Waals surface area (Å²) in [4.78, 5) is 31.4. The number of hydrogen-bond acceptors (Lipinski definition) is 5. The molecule has 2 unspecified atom stereocenters. The average Bonchev–Trinajstić information content (AvgIpc) is 3.36. The van der Waals surface area contributed by atoms with Gasteiger partial charge >= 0.3 is 6.36 Å². The van der Waals surface area contributed by atoms with Crippen molar-refractivity contribution in [3.05, 3.63) is 66.1 Å². The van der Waals surface area contributed by atoms with Crippen LogP contribution in [0.3, 0.4) is 0 Å². The van der Waals surface area contributed by atoms with E-state index in [1.54, 1.807) is 27.9 Å². The molecular formula is C26H25F3N4O4. The number of likely N-dealkylation sites (tertiary alicyclic amines) is 1. The van der Waals surface area contributed by atoms with Crippen molar-refractivity contribution < 1.29 is 32.2 Å². The summed E-state index contributed by atoms with van der Waals surface area (Å²) in [5.41, 5.74) is 7.31. The van der Waals surface area contributed by atoms with Gasteiger partial charge in [-0.3, -0.25) is 9.59 Å². The minimum Gasteiger partial charge on any atom is -0.484 e. The topological polar surface area (TPSA) is 99.7 Å². The number of benzene rings is 2. The second kappa shape index (κ2) is 9.13. The van der Waals surface area contributed by atoms with Gasteiger partial charge in [0.05, 0.1) is 30.0 Å². The molecule has 1 aliphatic heterocycles. The van der Waals surface area contributed by atoms with Crippen LogP contribution < -0.4 is 15.2 Å². The molecule has 1 aliphatic carbocycles. The van der Waals surface area contributed by atoms with Crippen LogP contribution in [0.15, 0.2) is 55.0 Å². The lowest BCUT2D eigenvalue weighted by atomic mass is 9.75. The smallest absolute Gasteiger partial charge is 0.484 e. The first-order valence-corrected chi connectivity index (χ1v) is 11.8. The molecule has 5 rings (SSSR count). The molecule has 2 amide bonds. The number of halogens is 3. The highest BCUT2D eigenvalue weighted by molar-refractivity contribution is 5.97. The summed E-state index contributed by atoms with van der Waals surface area (Å²) in [5.74, 6) is -0.730. The highest BCUT2D eigenvalue weighted by atomic mass is 19.4. The minimum atomic E-state index is -4.77. The monoisotopic (exact) mass is 514 g/mol.